The van der Waals surface area contributed by atoms with Crippen molar-refractivity contribution in [3.05, 3.63) is 24.0 Å². The zero-order valence-electron chi connectivity index (χ0n) is 8.59. The van der Waals surface area contributed by atoms with E-state index in [-0.39, 0.29) is 19.5 Å². The van der Waals surface area contributed by atoms with Crippen LogP contribution >= 0.6 is 0 Å². The molecule has 0 bridgehead atoms. The van der Waals surface area contributed by atoms with Crippen LogP contribution in [-0.2, 0) is 0 Å². The molecule has 1 unspecified atom stereocenters. The molecule has 1 aliphatic rings. The number of halogens is 2. The highest BCUT2D eigenvalue weighted by Gasteiger charge is 2.42. The highest BCUT2D eigenvalue weighted by atomic mass is 19.3. The number of rotatable bonds is 2. The van der Waals surface area contributed by atoms with Crippen molar-refractivity contribution in [2.75, 3.05) is 13.1 Å². The standard InChI is InChI=1S/C10H13F2N3O/c11-10(12)3-5-13-6-8(10)15-9(16)7-2-1-4-14-7/h1-2,4,8,13-14H,3,5-6H2,(H,15,16). The maximum absolute atomic E-state index is 13.4. The lowest BCUT2D eigenvalue weighted by Gasteiger charge is -2.32. The van der Waals surface area contributed by atoms with E-state index in [0.29, 0.717) is 5.69 Å². The summed E-state index contributed by atoms with van der Waals surface area (Å²) in [5, 5.41) is 5.17. The van der Waals surface area contributed by atoms with Gasteiger partial charge in [-0.25, -0.2) is 8.78 Å². The molecule has 3 N–H and O–H groups in total. The van der Waals surface area contributed by atoms with Crippen LogP contribution in [0.5, 0.6) is 0 Å². The number of nitrogens with one attached hydrogen (secondary N) is 3. The van der Waals surface area contributed by atoms with Crippen molar-refractivity contribution < 1.29 is 13.6 Å². The minimum atomic E-state index is -2.84. The number of hydrogen-bond donors (Lipinski definition) is 3. The summed E-state index contributed by atoms with van der Waals surface area (Å²) in [6.07, 6.45) is 1.33. The van der Waals surface area contributed by atoms with Gasteiger partial charge in [0.1, 0.15) is 11.7 Å². The third kappa shape index (κ3) is 2.21. The monoisotopic (exact) mass is 229 g/mol. The number of carbonyl (C=O) groups is 1. The highest BCUT2D eigenvalue weighted by Crippen LogP contribution is 2.25. The predicted octanol–water partition coefficient (Wildman–Crippen LogP) is 0.742. The van der Waals surface area contributed by atoms with E-state index < -0.39 is 17.9 Å². The van der Waals surface area contributed by atoms with Crippen LogP contribution in [0.1, 0.15) is 16.9 Å². The van der Waals surface area contributed by atoms with E-state index in [9.17, 15) is 13.6 Å². The van der Waals surface area contributed by atoms with E-state index in [1.807, 2.05) is 0 Å². The largest absolute Gasteiger partial charge is 0.357 e. The highest BCUT2D eigenvalue weighted by molar-refractivity contribution is 5.92. The van der Waals surface area contributed by atoms with E-state index in [1.54, 1.807) is 18.3 Å². The van der Waals surface area contributed by atoms with E-state index >= 15 is 0 Å². The van der Waals surface area contributed by atoms with Crippen molar-refractivity contribution >= 4 is 5.91 Å². The molecule has 1 aromatic rings. The Balaban J connectivity index is 2.01. The van der Waals surface area contributed by atoms with Crippen molar-refractivity contribution in [1.29, 1.82) is 0 Å². The Morgan fingerprint density at radius 3 is 3.00 bits per heavy atom. The topological polar surface area (TPSA) is 56.9 Å². The maximum atomic E-state index is 13.4. The summed E-state index contributed by atoms with van der Waals surface area (Å²) >= 11 is 0. The van der Waals surface area contributed by atoms with Crippen LogP contribution < -0.4 is 10.6 Å². The maximum Gasteiger partial charge on any atom is 0.270 e. The second-order valence-electron chi connectivity index (χ2n) is 3.82. The molecule has 88 valence electrons. The van der Waals surface area contributed by atoms with Gasteiger partial charge in [0, 0.05) is 25.7 Å². The molecule has 1 aromatic heterocycles. The number of H-pyrrole nitrogens is 1. The average Bonchev–Trinajstić information content (AvgIpc) is 2.74. The zero-order valence-corrected chi connectivity index (χ0v) is 8.59. The molecule has 6 heteroatoms. The number of piperidine rings is 1. The van der Waals surface area contributed by atoms with Crippen LogP contribution in [0.4, 0.5) is 8.78 Å². The average molecular weight is 229 g/mol. The van der Waals surface area contributed by atoms with E-state index in [2.05, 4.69) is 15.6 Å². The number of amides is 1. The number of hydrogen-bond acceptors (Lipinski definition) is 2. The van der Waals surface area contributed by atoms with Gasteiger partial charge >= 0.3 is 0 Å². The van der Waals surface area contributed by atoms with E-state index in [0.717, 1.165) is 0 Å². The quantitative estimate of drug-likeness (QED) is 0.700. The minimum absolute atomic E-state index is 0.0967. The first kappa shape index (κ1) is 11.1. The molecule has 2 rings (SSSR count). The summed E-state index contributed by atoms with van der Waals surface area (Å²) in [4.78, 5) is 14.2. The molecular weight excluding hydrogens is 216 g/mol. The van der Waals surface area contributed by atoms with E-state index in [4.69, 9.17) is 0 Å². The molecular formula is C10H13F2N3O. The molecule has 1 amide bonds. The summed E-state index contributed by atoms with van der Waals surface area (Å²) < 4.78 is 26.8. The van der Waals surface area contributed by atoms with Crippen LogP contribution in [0.15, 0.2) is 18.3 Å². The van der Waals surface area contributed by atoms with Crippen LogP contribution in [-0.4, -0.2) is 35.9 Å². The van der Waals surface area contributed by atoms with Gasteiger partial charge in [-0.05, 0) is 12.1 Å². The molecule has 4 nitrogen and oxygen atoms in total. The molecule has 1 fully saturated rings. The van der Waals surface area contributed by atoms with Gasteiger partial charge in [0.05, 0.1) is 0 Å². The van der Waals surface area contributed by atoms with Crippen molar-refractivity contribution in [3.63, 3.8) is 0 Å². The Hall–Kier alpha value is -1.43. The smallest absolute Gasteiger partial charge is 0.270 e. The fraction of sp³-hybridized carbons (Fsp3) is 0.500. The summed E-state index contributed by atoms with van der Waals surface area (Å²) in [6, 6.07) is 2.05. The molecule has 1 aliphatic heterocycles. The Morgan fingerprint density at radius 1 is 1.56 bits per heavy atom. The summed E-state index contributed by atoms with van der Waals surface area (Å²) in [5.41, 5.74) is 0.293. The molecule has 0 aromatic carbocycles. The summed E-state index contributed by atoms with van der Waals surface area (Å²) in [5.74, 6) is -3.34. The SMILES string of the molecule is O=C(NC1CNCCC1(F)F)c1ccc[nH]1. The van der Waals surface area contributed by atoms with Crippen LogP contribution in [0.25, 0.3) is 0 Å². The zero-order chi connectivity index (χ0) is 11.6. The van der Waals surface area contributed by atoms with Gasteiger partial charge in [-0.3, -0.25) is 4.79 Å². The van der Waals surface area contributed by atoms with Crippen LogP contribution in [0.3, 0.4) is 0 Å². The first-order chi connectivity index (χ1) is 7.59. The second kappa shape index (κ2) is 4.21. The van der Waals surface area contributed by atoms with Crippen molar-refractivity contribution in [2.45, 2.75) is 18.4 Å². The lowest BCUT2D eigenvalue weighted by atomic mass is 10.0. The first-order valence-electron chi connectivity index (χ1n) is 5.12. The minimum Gasteiger partial charge on any atom is -0.357 e. The fourth-order valence-electron chi connectivity index (χ4n) is 1.69. The Morgan fingerprint density at radius 2 is 2.38 bits per heavy atom. The van der Waals surface area contributed by atoms with Crippen molar-refractivity contribution in [1.82, 2.24) is 15.6 Å². The predicted molar refractivity (Wildman–Crippen MR) is 54.5 cm³/mol. The molecule has 0 radical (unpaired) electrons. The first-order valence-corrected chi connectivity index (χ1v) is 5.12. The fourth-order valence-corrected chi connectivity index (χ4v) is 1.69. The Kier molecular flexibility index (Phi) is 2.91. The number of aromatic amines is 1. The van der Waals surface area contributed by atoms with Crippen LogP contribution in [0.2, 0.25) is 0 Å². The normalized spacial score (nSPS) is 24.0. The molecule has 1 saturated heterocycles. The second-order valence-corrected chi connectivity index (χ2v) is 3.82. The Bertz CT molecular complexity index is 364. The molecule has 0 aliphatic carbocycles. The Labute approximate surface area is 91.4 Å². The number of aromatic nitrogens is 1. The number of carbonyl (C=O) groups excluding carboxylic acids is 1. The molecule has 2 heterocycles. The molecule has 0 spiro atoms. The molecule has 0 saturated carbocycles. The summed E-state index contributed by atoms with van der Waals surface area (Å²) in [6.45, 7) is 0.376. The van der Waals surface area contributed by atoms with Gasteiger partial charge < -0.3 is 15.6 Å². The van der Waals surface area contributed by atoms with Gasteiger partial charge in [0.2, 0.25) is 0 Å². The third-order valence-corrected chi connectivity index (χ3v) is 2.64. The lowest BCUT2D eigenvalue weighted by Crippen LogP contribution is -2.57. The molecule has 16 heavy (non-hydrogen) atoms. The molecule has 1 atom stereocenters. The van der Waals surface area contributed by atoms with Gasteiger partial charge in [-0.2, -0.15) is 0 Å². The number of alkyl halides is 2. The van der Waals surface area contributed by atoms with Crippen molar-refractivity contribution in [3.8, 4) is 0 Å². The lowest BCUT2D eigenvalue weighted by molar-refractivity contribution is -0.0543. The van der Waals surface area contributed by atoms with Crippen LogP contribution in [0, 0.1) is 0 Å². The van der Waals surface area contributed by atoms with E-state index in [1.165, 1.54) is 0 Å². The van der Waals surface area contributed by atoms with Crippen molar-refractivity contribution in [2.24, 2.45) is 0 Å². The third-order valence-electron chi connectivity index (χ3n) is 2.64. The summed E-state index contributed by atoms with van der Waals surface area (Å²) in [7, 11) is 0. The van der Waals surface area contributed by atoms with Gasteiger partial charge in [-0.1, -0.05) is 0 Å². The van der Waals surface area contributed by atoms with Gasteiger partial charge in [-0.15, -0.1) is 0 Å². The van der Waals surface area contributed by atoms with Gasteiger partial charge in [0.25, 0.3) is 11.8 Å². The van der Waals surface area contributed by atoms with Gasteiger partial charge in [0.15, 0.2) is 0 Å².